The Kier molecular flexibility index (Phi) is 7.73. The van der Waals surface area contributed by atoms with Crippen molar-refractivity contribution in [2.24, 2.45) is 0 Å². The van der Waals surface area contributed by atoms with E-state index >= 15 is 0 Å². The maximum atomic E-state index is 12.3. The van der Waals surface area contributed by atoms with Crippen LogP contribution < -0.4 is 4.74 Å². The molecule has 0 aliphatic carbocycles. The number of nitrogens with zero attached hydrogens (tertiary/aromatic N) is 1. The van der Waals surface area contributed by atoms with E-state index in [1.807, 2.05) is 48.7 Å². The first-order valence-electron chi connectivity index (χ1n) is 13.5. The molecule has 0 fully saturated rings. The smallest absolute Gasteiger partial charge is 0.352 e. The summed E-state index contributed by atoms with van der Waals surface area (Å²) in [5, 5.41) is 13.2. The minimum Gasteiger partial charge on any atom is -0.493 e. The number of carboxylic acids is 1. The topological polar surface area (TPSA) is 75.2 Å². The fourth-order valence-corrected chi connectivity index (χ4v) is 5.39. The molecule has 0 aliphatic heterocycles. The van der Waals surface area contributed by atoms with Crippen molar-refractivity contribution in [2.75, 3.05) is 6.61 Å². The highest BCUT2D eigenvalue weighted by atomic mass is 16.5. The second-order valence-electron chi connectivity index (χ2n) is 9.85. The summed E-state index contributed by atoms with van der Waals surface area (Å²) in [5.74, 6) is -0.0892. The average Bonchev–Trinajstić information content (AvgIpc) is 3.31. The monoisotopic (exact) mass is 506 g/mol. The van der Waals surface area contributed by atoms with Crippen LogP contribution in [0.4, 0.5) is 0 Å². The molecule has 0 saturated carbocycles. The van der Waals surface area contributed by atoms with Crippen molar-refractivity contribution >= 4 is 27.6 Å². The van der Waals surface area contributed by atoms with Crippen molar-refractivity contribution < 1.29 is 14.6 Å². The summed E-state index contributed by atoms with van der Waals surface area (Å²) in [4.78, 5) is 20.3. The van der Waals surface area contributed by atoms with Gasteiger partial charge in [0.05, 0.1) is 12.1 Å². The highest BCUT2D eigenvalue weighted by molar-refractivity contribution is 6.03. The summed E-state index contributed by atoms with van der Waals surface area (Å²) in [5.41, 5.74) is 6.29. The van der Waals surface area contributed by atoms with E-state index in [4.69, 9.17) is 9.72 Å². The molecule has 0 radical (unpaired) electrons. The number of hydrogen-bond acceptors (Lipinski definition) is 3. The fraction of sp³-hybridized carbons (Fsp3) is 0.273. The Morgan fingerprint density at radius 2 is 1.71 bits per heavy atom. The number of aromatic amines is 1. The predicted molar refractivity (Wildman–Crippen MR) is 154 cm³/mol. The van der Waals surface area contributed by atoms with Crippen molar-refractivity contribution in [3.63, 3.8) is 0 Å². The van der Waals surface area contributed by atoms with Crippen LogP contribution in [0.1, 0.15) is 59.9 Å². The van der Waals surface area contributed by atoms with Gasteiger partial charge in [0, 0.05) is 33.8 Å². The predicted octanol–water partition coefficient (Wildman–Crippen LogP) is 8.13. The molecule has 2 aromatic heterocycles. The highest BCUT2D eigenvalue weighted by Crippen LogP contribution is 2.36. The molecule has 38 heavy (non-hydrogen) atoms. The normalized spacial score (nSPS) is 11.3. The van der Waals surface area contributed by atoms with E-state index in [-0.39, 0.29) is 5.69 Å². The lowest BCUT2D eigenvalue weighted by Gasteiger charge is -2.13. The number of hydrogen-bond donors (Lipinski definition) is 2. The van der Waals surface area contributed by atoms with Gasteiger partial charge in [0.1, 0.15) is 11.4 Å². The number of fused-ring (bicyclic) bond motifs is 2. The van der Waals surface area contributed by atoms with Gasteiger partial charge in [-0.15, -0.1) is 0 Å². The minimum atomic E-state index is -0.941. The van der Waals surface area contributed by atoms with Gasteiger partial charge in [-0.3, -0.25) is 4.98 Å². The minimum absolute atomic E-state index is 0.256. The molecule has 2 N–H and O–H groups in total. The van der Waals surface area contributed by atoms with Gasteiger partial charge in [-0.2, -0.15) is 0 Å². The van der Waals surface area contributed by atoms with Crippen LogP contribution in [0.15, 0.2) is 72.9 Å². The highest BCUT2D eigenvalue weighted by Gasteiger charge is 2.21. The summed E-state index contributed by atoms with van der Waals surface area (Å²) < 4.78 is 6.14. The summed E-state index contributed by atoms with van der Waals surface area (Å²) in [7, 11) is 0. The Labute approximate surface area is 223 Å². The van der Waals surface area contributed by atoms with Gasteiger partial charge in [0.15, 0.2) is 0 Å². The number of pyridine rings is 1. The number of carbonyl (C=O) groups is 1. The number of aromatic carboxylic acids is 1. The third kappa shape index (κ3) is 5.14. The number of unbranched alkanes of at least 4 members (excludes halogenated alkanes) is 2. The summed E-state index contributed by atoms with van der Waals surface area (Å²) in [6.07, 6.45) is 7.49. The Morgan fingerprint density at radius 1 is 0.921 bits per heavy atom. The quantitative estimate of drug-likeness (QED) is 0.177. The number of para-hydroxylation sites is 1. The van der Waals surface area contributed by atoms with Crippen molar-refractivity contribution in [2.45, 2.75) is 52.4 Å². The number of carboxylic acid groups (broad SMARTS) is 1. The van der Waals surface area contributed by atoms with Crippen LogP contribution in [-0.4, -0.2) is 27.7 Å². The van der Waals surface area contributed by atoms with Crippen LogP contribution >= 0.6 is 0 Å². The van der Waals surface area contributed by atoms with E-state index in [9.17, 15) is 9.90 Å². The Morgan fingerprint density at radius 3 is 2.55 bits per heavy atom. The van der Waals surface area contributed by atoms with Crippen LogP contribution in [-0.2, 0) is 12.8 Å². The molecule has 5 rings (SSSR count). The number of benzene rings is 3. The summed E-state index contributed by atoms with van der Waals surface area (Å²) in [6, 6.07) is 22.4. The average molecular weight is 507 g/mol. The van der Waals surface area contributed by atoms with Crippen molar-refractivity contribution in [3.8, 4) is 16.9 Å². The van der Waals surface area contributed by atoms with Gasteiger partial charge in [0.25, 0.3) is 0 Å². The van der Waals surface area contributed by atoms with Gasteiger partial charge in [-0.05, 0) is 61.3 Å². The van der Waals surface area contributed by atoms with Gasteiger partial charge in [-0.1, -0.05) is 74.4 Å². The Hall–Kier alpha value is -4.12. The van der Waals surface area contributed by atoms with Crippen LogP contribution in [0, 0.1) is 6.92 Å². The van der Waals surface area contributed by atoms with Gasteiger partial charge < -0.3 is 14.8 Å². The summed E-state index contributed by atoms with van der Waals surface area (Å²) >= 11 is 0. The lowest BCUT2D eigenvalue weighted by atomic mass is 9.94. The van der Waals surface area contributed by atoms with Crippen LogP contribution in [0.5, 0.6) is 5.75 Å². The Bertz CT molecular complexity index is 1580. The molecular formula is C33H34N2O3. The molecule has 5 aromatic rings. The SMILES string of the molecule is CCCCCc1nccc(C)c1-c1cccc2c(CCCOc3cccc4ccccc34)c(C(=O)O)[nH]c12. The molecule has 0 spiro atoms. The lowest BCUT2D eigenvalue weighted by molar-refractivity contribution is 0.0690. The molecule has 0 amide bonds. The third-order valence-corrected chi connectivity index (χ3v) is 7.26. The molecule has 194 valence electrons. The lowest BCUT2D eigenvalue weighted by Crippen LogP contribution is -2.04. The van der Waals surface area contributed by atoms with E-state index in [0.717, 1.165) is 81.1 Å². The maximum Gasteiger partial charge on any atom is 0.352 e. The van der Waals surface area contributed by atoms with Crippen molar-refractivity contribution in [1.29, 1.82) is 0 Å². The second kappa shape index (κ2) is 11.5. The molecule has 0 unspecified atom stereocenters. The van der Waals surface area contributed by atoms with Gasteiger partial charge >= 0.3 is 5.97 Å². The zero-order valence-electron chi connectivity index (χ0n) is 22.1. The maximum absolute atomic E-state index is 12.3. The standard InChI is InChI=1S/C33H34N2O3/c1-3-4-5-17-28-30(22(2)19-20-34-28)27-15-9-14-25-26(32(33(36)37)35-31(25)27)16-10-21-38-29-18-8-12-23-11-6-7-13-24(23)29/h6-9,11-15,18-20,35H,3-5,10,16-17,21H2,1-2H3,(H,36,37). The van der Waals surface area contributed by atoms with E-state index in [1.165, 1.54) is 0 Å². The third-order valence-electron chi connectivity index (χ3n) is 7.26. The van der Waals surface area contributed by atoms with E-state index in [1.54, 1.807) is 0 Å². The molecular weight excluding hydrogens is 472 g/mol. The second-order valence-corrected chi connectivity index (χ2v) is 9.85. The zero-order chi connectivity index (χ0) is 26.5. The number of rotatable bonds is 11. The number of ether oxygens (including phenoxy) is 1. The zero-order valence-corrected chi connectivity index (χ0v) is 22.1. The van der Waals surface area contributed by atoms with E-state index < -0.39 is 5.97 Å². The van der Waals surface area contributed by atoms with Gasteiger partial charge in [0.2, 0.25) is 0 Å². The van der Waals surface area contributed by atoms with Crippen LogP contribution in [0.25, 0.3) is 32.8 Å². The van der Waals surface area contributed by atoms with Crippen molar-refractivity contribution in [1.82, 2.24) is 9.97 Å². The number of nitrogens with one attached hydrogen (secondary N) is 1. The molecule has 0 saturated heterocycles. The largest absolute Gasteiger partial charge is 0.493 e. The molecule has 0 aliphatic rings. The van der Waals surface area contributed by atoms with Crippen LogP contribution in [0.2, 0.25) is 0 Å². The number of aromatic nitrogens is 2. The number of aryl methyl sites for hydroxylation is 3. The van der Waals surface area contributed by atoms with Gasteiger partial charge in [-0.25, -0.2) is 4.79 Å². The van der Waals surface area contributed by atoms with Crippen LogP contribution in [0.3, 0.4) is 0 Å². The first kappa shape index (κ1) is 25.5. The molecule has 5 nitrogen and oxygen atoms in total. The molecule has 2 heterocycles. The fourth-order valence-electron chi connectivity index (χ4n) is 5.39. The molecule has 0 atom stereocenters. The van der Waals surface area contributed by atoms with Crippen molar-refractivity contribution in [3.05, 3.63) is 95.4 Å². The molecule has 5 heteroatoms. The molecule has 0 bridgehead atoms. The number of H-pyrrole nitrogens is 1. The first-order chi connectivity index (χ1) is 18.6. The van der Waals surface area contributed by atoms with E-state index in [2.05, 4.69) is 43.1 Å². The Balaban J connectivity index is 1.43. The summed E-state index contributed by atoms with van der Waals surface area (Å²) in [6.45, 7) is 4.81. The molecule has 3 aromatic carbocycles. The van der Waals surface area contributed by atoms with E-state index in [0.29, 0.717) is 19.4 Å². The first-order valence-corrected chi connectivity index (χ1v) is 13.5.